The first-order chi connectivity index (χ1) is 32.4. The number of ketones is 2. The minimum absolute atomic E-state index is 0.0178. The number of carbonyl (C=O) groups excluding carboxylic acids is 6. The largest absolute Gasteiger partial charge is 0.459 e. The van der Waals surface area contributed by atoms with E-state index in [-0.39, 0.29) is 55.8 Å². The fourth-order valence-corrected chi connectivity index (χ4v) is 7.62. The minimum atomic E-state index is -2.18. The number of nitrogens with one attached hydrogen (secondary N) is 3. The number of amides is 2. The molecule has 0 aliphatic carbocycles. The van der Waals surface area contributed by atoms with Crippen LogP contribution in [0.25, 0.3) is 0 Å². The highest BCUT2D eigenvalue weighted by molar-refractivity contribution is 7.80. The molecule has 0 spiro atoms. The van der Waals surface area contributed by atoms with E-state index in [1.807, 2.05) is 25.3 Å². The van der Waals surface area contributed by atoms with E-state index in [9.17, 15) is 33.0 Å². The van der Waals surface area contributed by atoms with Gasteiger partial charge in [-0.2, -0.15) is 0 Å². The van der Waals surface area contributed by atoms with E-state index >= 15 is 0 Å². The Morgan fingerprint density at radius 3 is 1.69 bits per heavy atom. The van der Waals surface area contributed by atoms with Gasteiger partial charge in [-0.1, -0.05) is 32.9 Å². The van der Waals surface area contributed by atoms with Crippen LogP contribution in [0.5, 0.6) is 0 Å². The number of hydrogen-bond donors (Lipinski definition) is 4. The van der Waals surface area contributed by atoms with Crippen LogP contribution >= 0.6 is 0 Å². The van der Waals surface area contributed by atoms with Crippen molar-refractivity contribution >= 4 is 52.5 Å². The normalized spacial score (nSPS) is 13.5. The number of ether oxygens (including phenoxy) is 3. The van der Waals surface area contributed by atoms with Crippen LogP contribution in [0.15, 0.2) is 49.1 Å². The Bertz CT molecular complexity index is 2140. The summed E-state index contributed by atoms with van der Waals surface area (Å²) in [4.78, 5) is 90.8. The van der Waals surface area contributed by atoms with Gasteiger partial charge in [0.25, 0.3) is 11.3 Å². The van der Waals surface area contributed by atoms with Gasteiger partial charge in [0.2, 0.25) is 0 Å². The molecule has 0 fully saturated rings. The molecular formula is C50H78N8O11S. The van der Waals surface area contributed by atoms with Gasteiger partial charge in [-0.3, -0.25) is 28.6 Å². The fourth-order valence-electron chi connectivity index (χ4n) is 7.28. The molecule has 3 atom stereocenters. The Morgan fingerprint density at radius 1 is 0.671 bits per heavy atom. The molecule has 3 rings (SSSR count). The average molecular weight is 999 g/mol. The van der Waals surface area contributed by atoms with Gasteiger partial charge < -0.3 is 34.0 Å². The molecule has 0 saturated heterocycles. The van der Waals surface area contributed by atoms with E-state index in [0.717, 1.165) is 5.56 Å². The van der Waals surface area contributed by atoms with Crippen molar-refractivity contribution in [1.29, 1.82) is 0 Å². The van der Waals surface area contributed by atoms with Gasteiger partial charge in [-0.05, 0) is 130 Å². The van der Waals surface area contributed by atoms with Crippen molar-refractivity contribution in [1.82, 2.24) is 34.6 Å². The van der Waals surface area contributed by atoms with Gasteiger partial charge in [0.1, 0.15) is 52.9 Å². The van der Waals surface area contributed by atoms with E-state index in [2.05, 4.69) is 30.2 Å². The molecule has 2 aromatic heterocycles. The molecular weight excluding hydrogens is 921 g/mol. The number of Topliss-reactive ketones (excluding diaryl/α,β-unsaturated/α-hetero) is 2. The number of urea groups is 1. The van der Waals surface area contributed by atoms with Gasteiger partial charge in [0.05, 0.1) is 19.6 Å². The SMILES string of the molecule is CC(C)(C)CC(=O)Cn1ccnc1CN(CCCC[C@H](NC(=O)N[C@@H](CCC(=O)CCCc1ccc(NS(=O)O)cc1)C(=O)OC(C)(C)C)C(=O)OC(C)(C)C)Cc1nccn1CC(=O)OC(C)(C)C. The van der Waals surface area contributed by atoms with E-state index in [1.165, 1.54) is 0 Å². The number of aryl methyl sites for hydroxylation is 1. The van der Waals surface area contributed by atoms with Crippen molar-refractivity contribution in [2.45, 2.75) is 196 Å². The second-order valence-corrected chi connectivity index (χ2v) is 22.5. The molecule has 1 aromatic carbocycles. The zero-order valence-corrected chi connectivity index (χ0v) is 44.2. The lowest BCUT2D eigenvalue weighted by Crippen LogP contribution is -2.53. The van der Waals surface area contributed by atoms with Gasteiger partial charge in [-0.25, -0.2) is 28.6 Å². The molecule has 0 radical (unpaired) electrons. The zero-order chi connectivity index (χ0) is 52.5. The van der Waals surface area contributed by atoms with Crippen molar-refractivity contribution in [3.05, 3.63) is 66.3 Å². The number of nitrogens with zero attached hydrogens (tertiary/aromatic N) is 5. The summed E-state index contributed by atoms with van der Waals surface area (Å²) in [7, 11) is 0. The number of carbonyl (C=O) groups is 6. The summed E-state index contributed by atoms with van der Waals surface area (Å²) in [6, 6.07) is 3.82. The number of aromatic nitrogens is 4. The van der Waals surface area contributed by atoms with Gasteiger partial charge >= 0.3 is 23.9 Å². The van der Waals surface area contributed by atoms with Crippen LogP contribution in [0, 0.1) is 5.41 Å². The molecule has 0 saturated carbocycles. The van der Waals surface area contributed by atoms with Crippen LogP contribution in [-0.4, -0.2) is 104 Å². The minimum Gasteiger partial charge on any atom is -0.459 e. The summed E-state index contributed by atoms with van der Waals surface area (Å²) in [6.45, 7) is 23.0. The standard InChI is InChI=1S/C50H78N8O11S/c1-47(2,3)30-38(60)31-57-28-25-51-41(57)32-56(33-42-52-26-29-58(42)34-43(61)67-48(4,5)6)27-14-13-18-39(44(62)68-49(7,8)9)53-46(64)54-40(45(63)69-50(10,11)12)24-23-37(59)17-15-16-35-19-21-36(22-20-35)55-70(65)66/h19-22,25-26,28-29,39-40,55H,13-18,23-24,27,30-34H2,1-12H3,(H,65,66)(H2,53,54,64)/t39-,40-/m0/s1. The Balaban J connectivity index is 1.74. The Morgan fingerprint density at radius 2 is 1.19 bits per heavy atom. The Labute approximate surface area is 416 Å². The molecule has 3 aromatic rings. The smallest absolute Gasteiger partial charge is 0.329 e. The third kappa shape index (κ3) is 24.4. The second kappa shape index (κ2) is 26.7. The lowest BCUT2D eigenvalue weighted by atomic mass is 9.90. The summed E-state index contributed by atoms with van der Waals surface area (Å²) in [5.74, 6) is -0.564. The molecule has 0 aliphatic heterocycles. The number of esters is 3. The first kappa shape index (κ1) is 58.8. The van der Waals surface area contributed by atoms with Crippen molar-refractivity contribution in [2.24, 2.45) is 5.41 Å². The quantitative estimate of drug-likeness (QED) is 0.0255. The Kier molecular flexibility index (Phi) is 22.4. The van der Waals surface area contributed by atoms with Crippen LogP contribution in [0.4, 0.5) is 10.5 Å². The van der Waals surface area contributed by atoms with Gasteiger partial charge in [0, 0.05) is 49.7 Å². The zero-order valence-electron chi connectivity index (χ0n) is 43.3. The molecule has 390 valence electrons. The number of hydrogen-bond acceptors (Lipinski definition) is 13. The van der Waals surface area contributed by atoms with Gasteiger partial charge in [-0.15, -0.1) is 0 Å². The average Bonchev–Trinajstić information content (AvgIpc) is 3.82. The van der Waals surface area contributed by atoms with Crippen LogP contribution in [-0.2, 0) is 82.0 Å². The van der Waals surface area contributed by atoms with E-state index in [1.54, 1.807) is 116 Å². The highest BCUT2D eigenvalue weighted by atomic mass is 32.2. The predicted molar refractivity (Wildman–Crippen MR) is 266 cm³/mol. The maximum atomic E-state index is 13.7. The molecule has 70 heavy (non-hydrogen) atoms. The molecule has 0 aliphatic rings. The predicted octanol–water partition coefficient (Wildman–Crippen LogP) is 7.24. The highest BCUT2D eigenvalue weighted by Gasteiger charge is 2.31. The topological polar surface area (TPSA) is 242 Å². The second-order valence-electron chi connectivity index (χ2n) is 21.8. The van der Waals surface area contributed by atoms with Gasteiger partial charge in [0.15, 0.2) is 5.78 Å². The van der Waals surface area contributed by atoms with E-state index in [4.69, 9.17) is 18.8 Å². The van der Waals surface area contributed by atoms with E-state index < -0.39 is 64.1 Å². The number of benzene rings is 1. The summed E-state index contributed by atoms with van der Waals surface area (Å²) in [5.41, 5.74) is -1.17. The molecule has 2 amide bonds. The number of anilines is 1. The number of unbranched alkanes of at least 4 members (excludes halogenated alkanes) is 1. The summed E-state index contributed by atoms with van der Waals surface area (Å²) >= 11 is -2.18. The lowest BCUT2D eigenvalue weighted by Gasteiger charge is -2.27. The van der Waals surface area contributed by atoms with Crippen molar-refractivity contribution < 1.29 is 51.7 Å². The maximum absolute atomic E-state index is 13.7. The Hall–Kier alpha value is -5.47. The molecule has 20 heteroatoms. The van der Waals surface area contributed by atoms with Crippen molar-refractivity contribution in [3.8, 4) is 0 Å². The molecule has 0 bridgehead atoms. The monoisotopic (exact) mass is 999 g/mol. The fraction of sp³-hybridized carbons (Fsp3) is 0.640. The van der Waals surface area contributed by atoms with Crippen molar-refractivity contribution in [2.75, 3.05) is 11.3 Å². The molecule has 2 heterocycles. The number of imidazole rings is 2. The summed E-state index contributed by atoms with van der Waals surface area (Å²) in [5, 5.41) is 5.37. The van der Waals surface area contributed by atoms with Crippen molar-refractivity contribution in [3.63, 3.8) is 0 Å². The first-order valence-corrected chi connectivity index (χ1v) is 25.0. The third-order valence-electron chi connectivity index (χ3n) is 10.1. The van der Waals surface area contributed by atoms with Crippen LogP contribution < -0.4 is 15.4 Å². The van der Waals surface area contributed by atoms with Crippen LogP contribution in [0.3, 0.4) is 0 Å². The van der Waals surface area contributed by atoms with E-state index in [0.29, 0.717) is 69.1 Å². The van der Waals surface area contributed by atoms with Crippen LogP contribution in [0.2, 0.25) is 0 Å². The summed E-state index contributed by atoms with van der Waals surface area (Å²) < 4.78 is 42.9. The molecule has 4 N–H and O–H groups in total. The number of rotatable bonds is 27. The highest BCUT2D eigenvalue weighted by Crippen LogP contribution is 2.21. The molecule has 1 unspecified atom stereocenters. The molecule has 19 nitrogen and oxygen atoms in total. The summed E-state index contributed by atoms with van der Waals surface area (Å²) in [6.07, 6.45) is 9.61. The lowest BCUT2D eigenvalue weighted by molar-refractivity contribution is -0.158. The maximum Gasteiger partial charge on any atom is 0.329 e. The third-order valence-corrected chi connectivity index (χ3v) is 10.5. The van der Waals surface area contributed by atoms with Crippen LogP contribution in [0.1, 0.15) is 152 Å². The first-order valence-electron chi connectivity index (χ1n) is 23.9.